The molecule has 0 aliphatic rings. The molecule has 1 N–H and O–H groups in total. The highest BCUT2D eigenvalue weighted by molar-refractivity contribution is 6.33. The van der Waals surface area contributed by atoms with E-state index in [9.17, 15) is 4.79 Å². The number of amides is 1. The lowest BCUT2D eigenvalue weighted by Gasteiger charge is -2.09. The van der Waals surface area contributed by atoms with Crippen molar-refractivity contribution in [1.82, 2.24) is 15.4 Å². The third kappa shape index (κ3) is 6.66. The Balaban J connectivity index is 1.70. The number of nitrogens with zero attached hydrogens (tertiary/aromatic N) is 3. The number of halogens is 1. The maximum Gasteiger partial charge on any atom is 0.291 e. The molecule has 3 aromatic rings. The second-order valence-corrected chi connectivity index (χ2v) is 7.39. The zero-order chi connectivity index (χ0) is 23.6. The van der Waals surface area contributed by atoms with E-state index in [1.807, 2.05) is 6.07 Å². The maximum atomic E-state index is 12.5. The molecule has 9 heteroatoms. The summed E-state index contributed by atoms with van der Waals surface area (Å²) in [4.78, 5) is 21.0. The van der Waals surface area contributed by atoms with Crippen molar-refractivity contribution in [2.45, 2.75) is 19.8 Å². The maximum absolute atomic E-state index is 12.5. The number of benzene rings is 2. The van der Waals surface area contributed by atoms with Crippen LogP contribution < -0.4 is 19.6 Å². The van der Waals surface area contributed by atoms with Crippen LogP contribution in [0.4, 0.5) is 0 Å². The number of carbonyl (C=O) groups is 1. The first kappa shape index (κ1) is 24.0. The van der Waals surface area contributed by atoms with Crippen LogP contribution in [0.1, 0.15) is 35.8 Å². The molecule has 0 saturated carbocycles. The van der Waals surface area contributed by atoms with Gasteiger partial charge in [0, 0.05) is 17.2 Å². The van der Waals surface area contributed by atoms with Gasteiger partial charge in [-0.1, -0.05) is 24.9 Å². The number of rotatable bonds is 10. The molecular weight excluding hydrogens is 444 g/mol. The zero-order valence-corrected chi connectivity index (χ0v) is 19.4. The SMILES string of the molecule is CCCCOc1ccc(-c2cncc(C(=O)N/N=C/c3cc(OC)cc(OC)c3)n2)c(Cl)c1. The average Bonchev–Trinajstić information content (AvgIpc) is 2.84. The Hall–Kier alpha value is -3.65. The zero-order valence-electron chi connectivity index (χ0n) is 18.7. The Bertz CT molecular complexity index is 1110. The van der Waals surface area contributed by atoms with Crippen LogP contribution >= 0.6 is 11.6 Å². The predicted octanol–water partition coefficient (Wildman–Crippen LogP) is 4.76. The summed E-state index contributed by atoms with van der Waals surface area (Å²) >= 11 is 6.42. The Morgan fingerprint density at radius 3 is 2.52 bits per heavy atom. The van der Waals surface area contributed by atoms with E-state index in [-0.39, 0.29) is 5.69 Å². The van der Waals surface area contributed by atoms with E-state index in [0.29, 0.717) is 45.7 Å². The Morgan fingerprint density at radius 1 is 1.09 bits per heavy atom. The van der Waals surface area contributed by atoms with Gasteiger partial charge in [0.25, 0.3) is 5.91 Å². The van der Waals surface area contributed by atoms with Gasteiger partial charge in [-0.2, -0.15) is 5.10 Å². The summed E-state index contributed by atoms with van der Waals surface area (Å²) < 4.78 is 16.1. The van der Waals surface area contributed by atoms with E-state index in [1.54, 1.807) is 50.7 Å². The summed E-state index contributed by atoms with van der Waals surface area (Å²) in [5.41, 5.74) is 4.36. The van der Waals surface area contributed by atoms with E-state index in [4.69, 9.17) is 25.8 Å². The number of ether oxygens (including phenoxy) is 3. The summed E-state index contributed by atoms with van der Waals surface area (Å²) in [6, 6.07) is 10.6. The molecular formula is C24H25ClN4O4. The minimum atomic E-state index is -0.508. The van der Waals surface area contributed by atoms with Crippen LogP contribution in [0.15, 0.2) is 53.9 Å². The summed E-state index contributed by atoms with van der Waals surface area (Å²) in [7, 11) is 3.12. The van der Waals surface area contributed by atoms with Gasteiger partial charge in [-0.05, 0) is 36.8 Å². The van der Waals surface area contributed by atoms with Gasteiger partial charge >= 0.3 is 0 Å². The quantitative estimate of drug-likeness (QED) is 0.262. The lowest BCUT2D eigenvalue weighted by molar-refractivity contribution is 0.0950. The largest absolute Gasteiger partial charge is 0.497 e. The molecule has 8 nitrogen and oxygen atoms in total. The third-order valence-electron chi connectivity index (χ3n) is 4.60. The van der Waals surface area contributed by atoms with Crippen LogP contribution in [0.3, 0.4) is 0 Å². The molecule has 0 unspecified atom stereocenters. The molecule has 33 heavy (non-hydrogen) atoms. The van der Waals surface area contributed by atoms with Crippen molar-refractivity contribution in [2.75, 3.05) is 20.8 Å². The van der Waals surface area contributed by atoms with Gasteiger partial charge < -0.3 is 14.2 Å². The average molecular weight is 469 g/mol. The molecule has 1 aromatic heterocycles. The normalized spacial score (nSPS) is 10.8. The molecule has 0 bridgehead atoms. The standard InChI is InChI=1S/C24H25ClN4O4/c1-4-5-8-33-17-6-7-20(21(25)12-17)22-14-26-15-23(28-22)24(30)29-27-13-16-9-18(31-2)11-19(10-16)32-3/h6-7,9-15H,4-5,8H2,1-3H3,(H,29,30)/b27-13+. The monoisotopic (exact) mass is 468 g/mol. The molecule has 2 aromatic carbocycles. The van der Waals surface area contributed by atoms with E-state index in [2.05, 4.69) is 27.4 Å². The van der Waals surface area contributed by atoms with E-state index < -0.39 is 5.91 Å². The van der Waals surface area contributed by atoms with Crippen LogP contribution in [0.2, 0.25) is 5.02 Å². The second-order valence-electron chi connectivity index (χ2n) is 6.98. The van der Waals surface area contributed by atoms with Crippen molar-refractivity contribution in [1.29, 1.82) is 0 Å². The van der Waals surface area contributed by atoms with Crippen LogP contribution in [-0.2, 0) is 0 Å². The molecule has 0 radical (unpaired) electrons. The third-order valence-corrected chi connectivity index (χ3v) is 4.92. The Labute approximate surface area is 197 Å². The van der Waals surface area contributed by atoms with Crippen LogP contribution in [0, 0.1) is 0 Å². The Morgan fingerprint density at radius 2 is 1.85 bits per heavy atom. The summed E-state index contributed by atoms with van der Waals surface area (Å²) in [6.07, 6.45) is 6.40. The fourth-order valence-electron chi connectivity index (χ4n) is 2.86. The number of methoxy groups -OCH3 is 2. The first-order chi connectivity index (χ1) is 16.0. The molecule has 0 spiro atoms. The summed E-state index contributed by atoms with van der Waals surface area (Å²) in [5.74, 6) is 1.40. The van der Waals surface area contributed by atoms with Crippen molar-refractivity contribution in [3.63, 3.8) is 0 Å². The fourth-order valence-corrected chi connectivity index (χ4v) is 3.13. The highest BCUT2D eigenvalue weighted by Crippen LogP contribution is 2.30. The van der Waals surface area contributed by atoms with Gasteiger partial charge in [-0.25, -0.2) is 10.4 Å². The van der Waals surface area contributed by atoms with E-state index in [0.717, 1.165) is 12.8 Å². The second kappa shape index (κ2) is 11.8. The lowest BCUT2D eigenvalue weighted by atomic mass is 10.1. The van der Waals surface area contributed by atoms with Gasteiger partial charge in [0.15, 0.2) is 0 Å². The smallest absolute Gasteiger partial charge is 0.291 e. The molecule has 1 amide bonds. The molecule has 1 heterocycles. The number of unbranched alkanes of at least 4 members (excludes halogenated alkanes) is 1. The predicted molar refractivity (Wildman–Crippen MR) is 127 cm³/mol. The molecule has 0 aliphatic carbocycles. The minimum Gasteiger partial charge on any atom is -0.497 e. The van der Waals surface area contributed by atoms with Gasteiger partial charge in [-0.3, -0.25) is 9.78 Å². The Kier molecular flexibility index (Phi) is 8.60. The van der Waals surface area contributed by atoms with Crippen molar-refractivity contribution < 1.29 is 19.0 Å². The number of hydrogen-bond donors (Lipinski definition) is 1. The number of nitrogens with one attached hydrogen (secondary N) is 1. The lowest BCUT2D eigenvalue weighted by Crippen LogP contribution is -2.19. The minimum absolute atomic E-state index is 0.104. The summed E-state index contributed by atoms with van der Waals surface area (Å²) in [6.45, 7) is 2.73. The number of carbonyl (C=O) groups excluding carboxylic acids is 1. The first-order valence-electron chi connectivity index (χ1n) is 10.3. The van der Waals surface area contributed by atoms with E-state index in [1.165, 1.54) is 12.4 Å². The number of hydrazone groups is 1. The molecule has 0 aliphatic heterocycles. The van der Waals surface area contributed by atoms with Crippen LogP contribution in [0.25, 0.3) is 11.3 Å². The highest BCUT2D eigenvalue weighted by Gasteiger charge is 2.12. The van der Waals surface area contributed by atoms with Crippen molar-refractivity contribution in [3.8, 4) is 28.5 Å². The van der Waals surface area contributed by atoms with Crippen molar-refractivity contribution in [2.24, 2.45) is 5.10 Å². The fraction of sp³-hybridized carbons (Fsp3) is 0.250. The van der Waals surface area contributed by atoms with Crippen LogP contribution in [-0.4, -0.2) is 42.9 Å². The summed E-state index contributed by atoms with van der Waals surface area (Å²) in [5, 5.41) is 4.45. The first-order valence-corrected chi connectivity index (χ1v) is 10.7. The van der Waals surface area contributed by atoms with Gasteiger partial charge in [0.1, 0.15) is 22.9 Å². The van der Waals surface area contributed by atoms with Gasteiger partial charge in [0.05, 0.1) is 50.2 Å². The van der Waals surface area contributed by atoms with Crippen LogP contribution in [0.5, 0.6) is 17.2 Å². The molecule has 0 saturated heterocycles. The highest BCUT2D eigenvalue weighted by atomic mass is 35.5. The molecule has 172 valence electrons. The number of aromatic nitrogens is 2. The topological polar surface area (TPSA) is 94.9 Å². The van der Waals surface area contributed by atoms with Crippen molar-refractivity contribution >= 4 is 23.7 Å². The van der Waals surface area contributed by atoms with E-state index >= 15 is 0 Å². The number of hydrogen-bond acceptors (Lipinski definition) is 7. The molecule has 0 fully saturated rings. The molecule has 0 atom stereocenters. The van der Waals surface area contributed by atoms with Crippen molar-refractivity contribution in [3.05, 3.63) is 65.1 Å². The van der Waals surface area contributed by atoms with Gasteiger partial charge in [-0.15, -0.1) is 0 Å². The molecule has 3 rings (SSSR count). The van der Waals surface area contributed by atoms with Gasteiger partial charge in [0.2, 0.25) is 0 Å².